The van der Waals surface area contributed by atoms with Gasteiger partial charge < -0.3 is 14.8 Å². The lowest BCUT2D eigenvalue weighted by Crippen LogP contribution is -2.35. The van der Waals surface area contributed by atoms with Crippen molar-refractivity contribution in [1.82, 2.24) is 14.8 Å². The Morgan fingerprint density at radius 1 is 1.30 bits per heavy atom. The molecule has 0 spiro atoms. The summed E-state index contributed by atoms with van der Waals surface area (Å²) in [6.07, 6.45) is 3.61. The van der Waals surface area contributed by atoms with Crippen LogP contribution in [0.1, 0.15) is 43.1 Å². The summed E-state index contributed by atoms with van der Waals surface area (Å²) in [5, 5.41) is 4.05. The van der Waals surface area contributed by atoms with E-state index < -0.39 is 0 Å². The summed E-state index contributed by atoms with van der Waals surface area (Å²) < 4.78 is 2.16. The predicted molar refractivity (Wildman–Crippen MR) is 90.5 cm³/mol. The molecule has 1 fully saturated rings. The Bertz CT molecular complexity index is 733. The van der Waals surface area contributed by atoms with Crippen LogP contribution in [-0.4, -0.2) is 40.9 Å². The van der Waals surface area contributed by atoms with E-state index in [1.54, 1.807) is 0 Å². The van der Waals surface area contributed by atoms with Gasteiger partial charge in [-0.25, -0.2) is 0 Å². The molecule has 2 amide bonds. The van der Waals surface area contributed by atoms with Gasteiger partial charge in [0.1, 0.15) is 0 Å². The van der Waals surface area contributed by atoms with Crippen LogP contribution in [0.15, 0.2) is 30.5 Å². The minimum Gasteiger partial charge on any atom is -0.350 e. The number of benzene rings is 1. The molecular formula is C18H23N3O2. The fraction of sp³-hybridized carbons (Fsp3) is 0.444. The molecule has 0 bridgehead atoms. The first kappa shape index (κ1) is 15.6. The van der Waals surface area contributed by atoms with Crippen LogP contribution in [0, 0.1) is 0 Å². The van der Waals surface area contributed by atoms with Crippen LogP contribution in [0.25, 0.3) is 10.9 Å². The minimum atomic E-state index is -0.0879. The zero-order chi connectivity index (χ0) is 16.4. The molecule has 1 aliphatic heterocycles. The molecular weight excluding hydrogens is 290 g/mol. The monoisotopic (exact) mass is 313 g/mol. The molecule has 1 N–H and O–H groups in total. The van der Waals surface area contributed by atoms with Gasteiger partial charge in [-0.3, -0.25) is 9.59 Å². The molecule has 0 saturated carbocycles. The van der Waals surface area contributed by atoms with E-state index in [2.05, 4.69) is 36.0 Å². The van der Waals surface area contributed by atoms with E-state index in [9.17, 15) is 9.59 Å². The molecule has 0 radical (unpaired) electrons. The first-order valence-electron chi connectivity index (χ1n) is 8.23. The molecule has 5 nitrogen and oxygen atoms in total. The summed E-state index contributed by atoms with van der Waals surface area (Å²) in [5.41, 5.74) is 1.73. The summed E-state index contributed by atoms with van der Waals surface area (Å²) in [6, 6.07) is 8.19. The van der Waals surface area contributed by atoms with E-state index in [1.807, 2.05) is 23.1 Å². The lowest BCUT2D eigenvalue weighted by molar-refractivity contribution is -0.127. The Labute approximate surface area is 136 Å². The van der Waals surface area contributed by atoms with Crippen molar-refractivity contribution in [3.63, 3.8) is 0 Å². The first-order valence-corrected chi connectivity index (χ1v) is 8.23. The Hall–Kier alpha value is -2.30. The third-order valence-corrected chi connectivity index (χ3v) is 4.38. The molecule has 23 heavy (non-hydrogen) atoms. The quantitative estimate of drug-likeness (QED) is 0.922. The molecule has 5 heteroatoms. The molecule has 0 atom stereocenters. The standard InChI is InChI=1S/C18H23N3O2/c1-13(2)21-10-7-14-5-6-15(12-16(14)21)18(23)19-8-11-20-9-3-4-17(20)22/h5-7,10,12-13H,3-4,8-9,11H2,1-2H3,(H,19,23). The maximum absolute atomic E-state index is 12.3. The molecule has 3 rings (SSSR count). The fourth-order valence-electron chi connectivity index (χ4n) is 3.09. The number of nitrogens with zero attached hydrogens (tertiary/aromatic N) is 2. The van der Waals surface area contributed by atoms with Gasteiger partial charge >= 0.3 is 0 Å². The molecule has 0 unspecified atom stereocenters. The normalized spacial score (nSPS) is 14.9. The fourth-order valence-corrected chi connectivity index (χ4v) is 3.09. The zero-order valence-corrected chi connectivity index (χ0v) is 13.7. The van der Waals surface area contributed by atoms with E-state index in [0.29, 0.717) is 31.1 Å². The molecule has 1 aromatic heterocycles. The maximum atomic E-state index is 12.3. The Balaban J connectivity index is 1.66. The van der Waals surface area contributed by atoms with Gasteiger partial charge in [-0.2, -0.15) is 0 Å². The topological polar surface area (TPSA) is 54.3 Å². The maximum Gasteiger partial charge on any atom is 0.251 e. The van der Waals surface area contributed by atoms with Gasteiger partial charge in [0.15, 0.2) is 0 Å². The van der Waals surface area contributed by atoms with Gasteiger partial charge in [-0.1, -0.05) is 6.07 Å². The van der Waals surface area contributed by atoms with Gasteiger partial charge in [-0.15, -0.1) is 0 Å². The molecule has 0 aliphatic carbocycles. The number of amides is 2. The van der Waals surface area contributed by atoms with Crippen LogP contribution in [0.2, 0.25) is 0 Å². The number of hydrogen-bond donors (Lipinski definition) is 1. The Kier molecular flexibility index (Phi) is 4.37. The van der Waals surface area contributed by atoms with Crippen LogP contribution >= 0.6 is 0 Å². The van der Waals surface area contributed by atoms with Crippen LogP contribution in [0.4, 0.5) is 0 Å². The highest BCUT2D eigenvalue weighted by atomic mass is 16.2. The third kappa shape index (κ3) is 3.23. The van der Waals surface area contributed by atoms with Crippen LogP contribution < -0.4 is 5.32 Å². The molecule has 1 saturated heterocycles. The van der Waals surface area contributed by atoms with Crippen molar-refractivity contribution in [2.75, 3.05) is 19.6 Å². The number of carbonyl (C=O) groups excluding carboxylic acids is 2. The van der Waals surface area contributed by atoms with E-state index in [4.69, 9.17) is 0 Å². The summed E-state index contributed by atoms with van der Waals surface area (Å²) in [4.78, 5) is 25.7. The van der Waals surface area contributed by atoms with Gasteiger partial charge in [0.25, 0.3) is 5.91 Å². The van der Waals surface area contributed by atoms with Crippen LogP contribution in [0.5, 0.6) is 0 Å². The highest BCUT2D eigenvalue weighted by Crippen LogP contribution is 2.21. The van der Waals surface area contributed by atoms with Crippen molar-refractivity contribution in [2.24, 2.45) is 0 Å². The first-order chi connectivity index (χ1) is 11.1. The van der Waals surface area contributed by atoms with E-state index in [0.717, 1.165) is 23.9 Å². The number of aromatic nitrogens is 1. The number of nitrogens with one attached hydrogen (secondary N) is 1. The summed E-state index contributed by atoms with van der Waals surface area (Å²) >= 11 is 0. The van der Waals surface area contributed by atoms with Crippen molar-refractivity contribution in [1.29, 1.82) is 0 Å². The Morgan fingerprint density at radius 2 is 2.13 bits per heavy atom. The van der Waals surface area contributed by atoms with Gasteiger partial charge in [-0.05, 0) is 43.9 Å². The van der Waals surface area contributed by atoms with Crippen molar-refractivity contribution in [3.8, 4) is 0 Å². The molecule has 122 valence electrons. The SMILES string of the molecule is CC(C)n1ccc2ccc(C(=O)NCCN3CCCC3=O)cc21. The second-order valence-electron chi connectivity index (χ2n) is 6.33. The third-order valence-electron chi connectivity index (χ3n) is 4.38. The minimum absolute atomic E-state index is 0.0879. The number of hydrogen-bond acceptors (Lipinski definition) is 2. The van der Waals surface area contributed by atoms with Crippen molar-refractivity contribution in [2.45, 2.75) is 32.7 Å². The summed E-state index contributed by atoms with van der Waals surface area (Å²) in [5.74, 6) is 0.102. The van der Waals surface area contributed by atoms with Crippen molar-refractivity contribution >= 4 is 22.7 Å². The summed E-state index contributed by atoms with van der Waals surface area (Å²) in [7, 11) is 0. The van der Waals surface area contributed by atoms with Gasteiger partial charge in [0, 0.05) is 49.4 Å². The average Bonchev–Trinajstić information content (AvgIpc) is 3.13. The average molecular weight is 313 g/mol. The predicted octanol–water partition coefficient (Wildman–Crippen LogP) is 2.57. The largest absolute Gasteiger partial charge is 0.350 e. The number of likely N-dealkylation sites (tertiary alicyclic amines) is 1. The van der Waals surface area contributed by atoms with E-state index in [-0.39, 0.29) is 11.8 Å². The molecule has 1 aromatic carbocycles. The number of rotatable bonds is 5. The highest BCUT2D eigenvalue weighted by Gasteiger charge is 2.19. The highest BCUT2D eigenvalue weighted by molar-refractivity contribution is 5.98. The second kappa shape index (κ2) is 6.44. The van der Waals surface area contributed by atoms with Gasteiger partial charge in [0.2, 0.25) is 5.91 Å². The lowest BCUT2D eigenvalue weighted by Gasteiger charge is -2.15. The molecule has 2 aromatic rings. The number of carbonyl (C=O) groups is 2. The van der Waals surface area contributed by atoms with Crippen LogP contribution in [-0.2, 0) is 4.79 Å². The number of fused-ring (bicyclic) bond motifs is 1. The van der Waals surface area contributed by atoms with Gasteiger partial charge in [0.05, 0.1) is 0 Å². The van der Waals surface area contributed by atoms with Crippen molar-refractivity contribution in [3.05, 3.63) is 36.0 Å². The van der Waals surface area contributed by atoms with E-state index >= 15 is 0 Å². The summed E-state index contributed by atoms with van der Waals surface area (Å²) in [6.45, 7) is 6.14. The van der Waals surface area contributed by atoms with Crippen molar-refractivity contribution < 1.29 is 9.59 Å². The Morgan fingerprint density at radius 3 is 2.83 bits per heavy atom. The molecule has 1 aliphatic rings. The lowest BCUT2D eigenvalue weighted by atomic mass is 10.1. The van der Waals surface area contributed by atoms with E-state index in [1.165, 1.54) is 0 Å². The second-order valence-corrected chi connectivity index (χ2v) is 6.33. The van der Waals surface area contributed by atoms with Crippen LogP contribution in [0.3, 0.4) is 0 Å². The molecule has 2 heterocycles. The smallest absolute Gasteiger partial charge is 0.251 e. The zero-order valence-electron chi connectivity index (χ0n) is 13.7.